The van der Waals surface area contributed by atoms with Crippen LogP contribution in [0.2, 0.25) is 0 Å². The Morgan fingerprint density at radius 3 is 2.80 bits per heavy atom. The van der Waals surface area contributed by atoms with Crippen LogP contribution in [-0.4, -0.2) is 29.2 Å². The Labute approximate surface area is 118 Å². The van der Waals surface area contributed by atoms with Crippen LogP contribution in [0.15, 0.2) is 29.6 Å². The molecule has 0 aliphatic carbocycles. The zero-order valence-electron chi connectivity index (χ0n) is 11.7. The van der Waals surface area contributed by atoms with E-state index in [1.165, 1.54) is 17.1 Å². The Bertz CT molecular complexity index is 672. The van der Waals surface area contributed by atoms with Crippen molar-refractivity contribution in [2.45, 2.75) is 31.3 Å². The van der Waals surface area contributed by atoms with Crippen molar-refractivity contribution in [2.75, 3.05) is 4.72 Å². The van der Waals surface area contributed by atoms with Crippen molar-refractivity contribution in [2.24, 2.45) is 7.05 Å². The van der Waals surface area contributed by atoms with E-state index in [1.54, 1.807) is 19.3 Å². The van der Waals surface area contributed by atoms with Gasteiger partial charge >= 0.3 is 0 Å². The molecule has 0 aromatic carbocycles. The number of aryl methyl sites for hydroxylation is 1. The third-order valence-electron chi connectivity index (χ3n) is 2.68. The molecule has 0 spiro atoms. The van der Waals surface area contributed by atoms with E-state index in [1.807, 2.05) is 13.8 Å². The van der Waals surface area contributed by atoms with E-state index in [4.69, 9.17) is 0 Å². The van der Waals surface area contributed by atoms with Crippen molar-refractivity contribution in [1.29, 1.82) is 0 Å². The fraction of sp³-hybridized carbons (Fsp3) is 0.417. The maximum absolute atomic E-state index is 12.2. The molecule has 2 aromatic heterocycles. The molecule has 0 radical (unpaired) electrons. The second kappa shape index (κ2) is 5.68. The van der Waals surface area contributed by atoms with E-state index in [0.717, 1.165) is 5.69 Å². The van der Waals surface area contributed by atoms with E-state index in [0.29, 0.717) is 18.3 Å². The van der Waals surface area contributed by atoms with E-state index >= 15 is 0 Å². The third kappa shape index (κ3) is 3.61. The summed E-state index contributed by atoms with van der Waals surface area (Å²) in [6.07, 6.45) is 4.55. The lowest BCUT2D eigenvalue weighted by Crippen LogP contribution is -2.21. The number of rotatable bonds is 6. The number of sulfonamides is 1. The normalized spacial score (nSPS) is 12.0. The van der Waals surface area contributed by atoms with E-state index < -0.39 is 10.0 Å². The number of hydrogen-bond acceptors (Lipinski definition) is 4. The highest BCUT2D eigenvalue weighted by Gasteiger charge is 2.16. The standard InChI is InChI=1S/C12H19N5O2S/c1-9(2)13-5-10-4-12(7-14-10)20(18,19)16-11-6-15-17(3)8-11/h4,6-9,13-14,16H,5H2,1-3H3. The fourth-order valence-corrected chi connectivity index (χ4v) is 2.72. The van der Waals surface area contributed by atoms with Gasteiger partial charge in [-0.05, 0) is 6.07 Å². The van der Waals surface area contributed by atoms with Crippen molar-refractivity contribution in [3.8, 4) is 0 Å². The van der Waals surface area contributed by atoms with Crippen LogP contribution in [0.3, 0.4) is 0 Å². The number of aromatic amines is 1. The summed E-state index contributed by atoms with van der Waals surface area (Å²) >= 11 is 0. The lowest BCUT2D eigenvalue weighted by molar-refractivity contribution is 0.582. The van der Waals surface area contributed by atoms with Crippen LogP contribution in [0.1, 0.15) is 19.5 Å². The van der Waals surface area contributed by atoms with Gasteiger partial charge in [0.15, 0.2) is 0 Å². The Hall–Kier alpha value is -1.80. The summed E-state index contributed by atoms with van der Waals surface area (Å²) in [6, 6.07) is 1.96. The fourth-order valence-electron chi connectivity index (χ4n) is 1.68. The maximum atomic E-state index is 12.2. The molecule has 0 saturated heterocycles. The Balaban J connectivity index is 2.09. The minimum atomic E-state index is -3.58. The number of nitrogens with zero attached hydrogens (tertiary/aromatic N) is 2. The number of nitrogens with one attached hydrogen (secondary N) is 3. The lowest BCUT2D eigenvalue weighted by Gasteiger charge is -2.05. The molecule has 8 heteroatoms. The van der Waals surface area contributed by atoms with Crippen molar-refractivity contribution in [3.63, 3.8) is 0 Å². The van der Waals surface area contributed by atoms with Gasteiger partial charge < -0.3 is 10.3 Å². The van der Waals surface area contributed by atoms with Crippen LogP contribution >= 0.6 is 0 Å². The summed E-state index contributed by atoms with van der Waals surface area (Å²) in [6.45, 7) is 4.66. The quantitative estimate of drug-likeness (QED) is 0.743. The van der Waals surface area contributed by atoms with Gasteiger partial charge in [0.1, 0.15) is 4.90 Å². The molecule has 3 N–H and O–H groups in total. The zero-order chi connectivity index (χ0) is 14.8. The largest absolute Gasteiger partial charge is 0.363 e. The highest BCUT2D eigenvalue weighted by atomic mass is 32.2. The molecule has 0 atom stereocenters. The van der Waals surface area contributed by atoms with Crippen LogP contribution in [-0.2, 0) is 23.6 Å². The van der Waals surface area contributed by atoms with Gasteiger partial charge in [0, 0.05) is 37.7 Å². The van der Waals surface area contributed by atoms with E-state index in [2.05, 4.69) is 20.1 Å². The number of anilines is 1. The molecule has 0 bridgehead atoms. The van der Waals surface area contributed by atoms with Gasteiger partial charge in [-0.25, -0.2) is 8.42 Å². The first-order valence-electron chi connectivity index (χ1n) is 6.29. The second-order valence-corrected chi connectivity index (χ2v) is 6.59. The molecule has 0 aliphatic heterocycles. The van der Waals surface area contributed by atoms with Gasteiger partial charge in [0.2, 0.25) is 0 Å². The minimum absolute atomic E-state index is 0.210. The van der Waals surface area contributed by atoms with Crippen LogP contribution in [0.4, 0.5) is 5.69 Å². The average Bonchev–Trinajstić information content (AvgIpc) is 2.95. The number of aromatic nitrogens is 3. The molecule has 0 aliphatic rings. The van der Waals surface area contributed by atoms with E-state index in [-0.39, 0.29) is 4.90 Å². The van der Waals surface area contributed by atoms with Crippen LogP contribution in [0.25, 0.3) is 0 Å². The van der Waals surface area contributed by atoms with Gasteiger partial charge in [-0.2, -0.15) is 5.10 Å². The first kappa shape index (κ1) is 14.6. The molecule has 2 heterocycles. The lowest BCUT2D eigenvalue weighted by atomic mass is 10.3. The van der Waals surface area contributed by atoms with Crippen LogP contribution in [0.5, 0.6) is 0 Å². The van der Waals surface area contributed by atoms with Crippen LogP contribution < -0.4 is 10.0 Å². The molecule has 0 amide bonds. The van der Waals surface area contributed by atoms with Gasteiger partial charge in [-0.1, -0.05) is 13.8 Å². The molecular formula is C12H19N5O2S. The monoisotopic (exact) mass is 297 g/mol. The molecule has 0 fully saturated rings. The summed E-state index contributed by atoms with van der Waals surface area (Å²) < 4.78 is 28.4. The first-order chi connectivity index (χ1) is 9.37. The van der Waals surface area contributed by atoms with Crippen LogP contribution in [0, 0.1) is 0 Å². The Morgan fingerprint density at radius 1 is 1.45 bits per heavy atom. The highest BCUT2D eigenvalue weighted by molar-refractivity contribution is 7.92. The summed E-state index contributed by atoms with van der Waals surface area (Å²) in [4.78, 5) is 3.17. The second-order valence-electron chi connectivity index (χ2n) is 4.90. The highest BCUT2D eigenvalue weighted by Crippen LogP contribution is 2.16. The van der Waals surface area contributed by atoms with Crippen molar-refractivity contribution < 1.29 is 8.42 Å². The smallest absolute Gasteiger partial charge is 0.263 e. The Kier molecular flexibility index (Phi) is 4.15. The molecule has 0 unspecified atom stereocenters. The first-order valence-corrected chi connectivity index (χ1v) is 7.77. The summed E-state index contributed by atoms with van der Waals surface area (Å²) in [5.74, 6) is 0. The van der Waals surface area contributed by atoms with Gasteiger partial charge in [-0.15, -0.1) is 0 Å². The molecular weight excluding hydrogens is 278 g/mol. The molecule has 2 aromatic rings. The van der Waals surface area contributed by atoms with Crippen molar-refractivity contribution in [1.82, 2.24) is 20.1 Å². The summed E-state index contributed by atoms with van der Waals surface area (Å²) in [5.41, 5.74) is 1.26. The molecule has 20 heavy (non-hydrogen) atoms. The predicted molar refractivity (Wildman–Crippen MR) is 76.8 cm³/mol. The topological polar surface area (TPSA) is 91.8 Å². The van der Waals surface area contributed by atoms with Crippen molar-refractivity contribution in [3.05, 3.63) is 30.4 Å². The van der Waals surface area contributed by atoms with Gasteiger partial charge in [0.05, 0.1) is 11.9 Å². The van der Waals surface area contributed by atoms with Crippen molar-refractivity contribution >= 4 is 15.7 Å². The SMILES string of the molecule is CC(C)NCc1cc(S(=O)(=O)Nc2cnn(C)c2)c[nH]1. The molecule has 110 valence electrons. The third-order valence-corrected chi connectivity index (χ3v) is 4.05. The van der Waals surface area contributed by atoms with Gasteiger partial charge in [-0.3, -0.25) is 9.40 Å². The van der Waals surface area contributed by atoms with Gasteiger partial charge in [0.25, 0.3) is 10.0 Å². The minimum Gasteiger partial charge on any atom is -0.363 e. The zero-order valence-corrected chi connectivity index (χ0v) is 12.5. The number of H-pyrrole nitrogens is 1. The van der Waals surface area contributed by atoms with E-state index in [9.17, 15) is 8.42 Å². The maximum Gasteiger partial charge on any atom is 0.263 e. The molecule has 0 saturated carbocycles. The summed E-state index contributed by atoms with van der Waals surface area (Å²) in [7, 11) is -1.85. The average molecular weight is 297 g/mol. The molecule has 2 rings (SSSR count). The Morgan fingerprint density at radius 2 is 2.20 bits per heavy atom. The number of hydrogen-bond donors (Lipinski definition) is 3. The molecule has 7 nitrogen and oxygen atoms in total. The predicted octanol–water partition coefficient (Wildman–Crippen LogP) is 1.05. The summed E-state index contributed by atoms with van der Waals surface area (Å²) in [5, 5.41) is 7.14.